The first-order chi connectivity index (χ1) is 15.7. The van der Waals surface area contributed by atoms with E-state index in [1.165, 1.54) is 0 Å². The van der Waals surface area contributed by atoms with Crippen LogP contribution in [-0.2, 0) is 0 Å². The fraction of sp³-hybridized carbons (Fsp3) is 0.222. The van der Waals surface area contributed by atoms with Gasteiger partial charge in [0.15, 0.2) is 10.6 Å². The molecule has 7 heteroatoms. The molecule has 180 valence electrons. The predicted molar refractivity (Wildman–Crippen MR) is 137 cm³/mol. The summed E-state index contributed by atoms with van der Waals surface area (Å²) < 4.78 is 0. The number of hydrogen-bond donors (Lipinski definition) is 5. The molecule has 0 saturated carbocycles. The van der Waals surface area contributed by atoms with Crippen LogP contribution in [0.5, 0.6) is 0 Å². The van der Waals surface area contributed by atoms with Crippen molar-refractivity contribution in [2.24, 2.45) is 0 Å². The molecule has 3 aromatic rings. The lowest BCUT2D eigenvalue weighted by Crippen LogP contribution is -2.20. The van der Waals surface area contributed by atoms with E-state index in [4.69, 9.17) is 15.3 Å². The maximum Gasteiger partial charge on any atom is 0.335 e. The minimum Gasteiger partial charge on any atom is -0.478 e. The Morgan fingerprint density at radius 1 is 0.647 bits per heavy atom. The Balaban J connectivity index is 0.000000268. The summed E-state index contributed by atoms with van der Waals surface area (Å²) in [6, 6.07) is 26.2. The van der Waals surface area contributed by atoms with Gasteiger partial charge in [0, 0.05) is 0 Å². The van der Waals surface area contributed by atoms with Gasteiger partial charge in [-0.15, -0.1) is 0 Å². The monoisotopic (exact) mass is 483 g/mol. The molecular weight excluding hydrogens is 451 g/mol. The van der Waals surface area contributed by atoms with Gasteiger partial charge in [-0.1, -0.05) is 66.4 Å². The van der Waals surface area contributed by atoms with Crippen LogP contribution >= 0.6 is 7.72 Å². The van der Waals surface area contributed by atoms with Crippen LogP contribution in [0.4, 0.5) is 0 Å². The smallest absolute Gasteiger partial charge is 0.335 e. The van der Waals surface area contributed by atoms with Crippen molar-refractivity contribution in [1.29, 1.82) is 0 Å². The summed E-state index contributed by atoms with van der Waals surface area (Å²) in [5, 5.41) is 27.7. The van der Waals surface area contributed by atoms with E-state index in [9.17, 15) is 14.6 Å². The van der Waals surface area contributed by atoms with Gasteiger partial charge in [-0.3, -0.25) is 0 Å². The highest BCUT2D eigenvalue weighted by atomic mass is 31.2. The lowest BCUT2D eigenvalue weighted by Gasteiger charge is -2.11. The Kier molecular flexibility index (Phi) is 11.1. The second-order valence-corrected chi connectivity index (χ2v) is 10.5. The molecule has 0 heterocycles. The van der Waals surface area contributed by atoms with E-state index < -0.39 is 24.9 Å². The molecular formula is C27H32O6P+. The highest BCUT2D eigenvalue weighted by Gasteiger charge is 2.39. The van der Waals surface area contributed by atoms with Crippen molar-refractivity contribution in [2.45, 2.75) is 38.9 Å². The molecule has 0 bridgehead atoms. The highest BCUT2D eigenvalue weighted by molar-refractivity contribution is 7.79. The van der Waals surface area contributed by atoms with Gasteiger partial charge in [-0.05, 0) is 64.1 Å². The number of carbonyl (C=O) groups is 1. The molecule has 3 rings (SSSR count). The van der Waals surface area contributed by atoms with Crippen LogP contribution in [0.15, 0.2) is 91.0 Å². The lowest BCUT2D eigenvalue weighted by atomic mass is 10.1. The average Bonchev–Trinajstić information content (AvgIpc) is 2.79. The summed E-state index contributed by atoms with van der Waals surface area (Å²) in [5.74, 6) is 4.16. The van der Waals surface area contributed by atoms with Crippen LogP contribution in [-0.4, -0.2) is 42.3 Å². The van der Waals surface area contributed by atoms with Gasteiger partial charge < -0.3 is 15.3 Å². The van der Waals surface area contributed by atoms with Crippen molar-refractivity contribution in [3.63, 3.8) is 0 Å². The highest BCUT2D eigenvalue weighted by Crippen LogP contribution is 2.46. The molecule has 6 nitrogen and oxygen atoms in total. The predicted octanol–water partition coefficient (Wildman–Crippen LogP) is 3.39. The van der Waals surface area contributed by atoms with Crippen molar-refractivity contribution in [2.75, 3.05) is 0 Å². The maximum absolute atomic E-state index is 10.2. The van der Waals surface area contributed by atoms with E-state index in [0.717, 1.165) is 0 Å². The van der Waals surface area contributed by atoms with E-state index >= 15 is 0 Å². The molecule has 0 aliphatic carbocycles. The Labute approximate surface area is 201 Å². The molecule has 34 heavy (non-hydrogen) atoms. The van der Waals surface area contributed by atoms with Crippen LogP contribution in [0.3, 0.4) is 0 Å². The van der Waals surface area contributed by atoms with Crippen LogP contribution in [0.25, 0.3) is 0 Å². The third-order valence-electron chi connectivity index (χ3n) is 3.93. The van der Waals surface area contributed by atoms with Crippen LogP contribution < -0.4 is 10.6 Å². The number of aliphatic hydroxyl groups is 2. The minimum atomic E-state index is -3.15. The van der Waals surface area contributed by atoms with E-state index in [1.54, 1.807) is 107 Å². The van der Waals surface area contributed by atoms with Gasteiger partial charge in [-0.25, -0.2) is 14.6 Å². The molecule has 0 saturated heterocycles. The third-order valence-corrected chi connectivity index (χ3v) is 5.96. The zero-order valence-electron chi connectivity index (χ0n) is 19.8. The number of hydrogen-bond acceptors (Lipinski definition) is 5. The first kappa shape index (κ1) is 29.0. The van der Waals surface area contributed by atoms with E-state index in [0.29, 0.717) is 16.2 Å². The Morgan fingerprint density at radius 3 is 1.18 bits per heavy atom. The van der Waals surface area contributed by atoms with Crippen LogP contribution in [0, 0.1) is 11.8 Å². The van der Waals surface area contributed by atoms with Crippen molar-refractivity contribution >= 4 is 24.3 Å². The molecule has 0 spiro atoms. The van der Waals surface area contributed by atoms with Gasteiger partial charge in [0.05, 0.1) is 5.56 Å². The molecule has 0 fully saturated rings. The summed E-state index contributed by atoms with van der Waals surface area (Å²) in [6.07, 6.45) is 0. The van der Waals surface area contributed by atoms with Crippen molar-refractivity contribution in [3.8, 4) is 11.8 Å². The maximum atomic E-state index is 10.2. The largest absolute Gasteiger partial charge is 0.478 e. The SMILES string of the molecule is CC(C)(O)C#CC(C)(C)O.O=C(O)c1ccccc1.O[P+](O)(c1ccccc1)c1ccccc1. The van der Waals surface area contributed by atoms with Gasteiger partial charge in [0.2, 0.25) is 0 Å². The van der Waals surface area contributed by atoms with Crippen molar-refractivity contribution in [3.05, 3.63) is 96.6 Å². The second kappa shape index (κ2) is 13.0. The molecule has 0 radical (unpaired) electrons. The van der Waals surface area contributed by atoms with E-state index in [-0.39, 0.29) is 0 Å². The molecule has 0 amide bonds. The molecule has 0 unspecified atom stereocenters. The van der Waals surface area contributed by atoms with Crippen LogP contribution in [0.1, 0.15) is 38.1 Å². The summed E-state index contributed by atoms with van der Waals surface area (Å²) in [7, 11) is -3.15. The van der Waals surface area contributed by atoms with Crippen molar-refractivity contribution in [1.82, 2.24) is 0 Å². The summed E-state index contributed by atoms with van der Waals surface area (Å²) in [4.78, 5) is 30.4. The number of aromatic carboxylic acids is 1. The number of carboxylic acid groups (broad SMARTS) is 1. The zero-order valence-corrected chi connectivity index (χ0v) is 20.6. The lowest BCUT2D eigenvalue weighted by molar-refractivity contribution is 0.0696. The molecule has 3 aromatic carbocycles. The molecule has 0 aromatic heterocycles. The Hall–Kier alpha value is -3.04. The molecule has 5 N–H and O–H groups in total. The van der Waals surface area contributed by atoms with Gasteiger partial charge >= 0.3 is 13.7 Å². The van der Waals surface area contributed by atoms with Gasteiger partial charge in [0.1, 0.15) is 11.2 Å². The summed E-state index contributed by atoms with van der Waals surface area (Å²) in [6.45, 7) is 6.30. The number of carboxylic acids is 1. The second-order valence-electron chi connectivity index (χ2n) is 8.31. The van der Waals surface area contributed by atoms with Gasteiger partial charge in [0.25, 0.3) is 0 Å². The number of benzene rings is 3. The Bertz CT molecular complexity index is 999. The first-order valence-corrected chi connectivity index (χ1v) is 12.1. The topological polar surface area (TPSA) is 118 Å². The van der Waals surface area contributed by atoms with E-state index in [2.05, 4.69) is 11.8 Å². The van der Waals surface area contributed by atoms with Crippen molar-refractivity contribution < 1.29 is 29.9 Å². The molecule has 0 aliphatic heterocycles. The normalized spacial score (nSPS) is 10.9. The standard InChI is InChI=1S/C12H12O2P.C8H14O2.C7H6O2/c13-15(14,11-7-3-1-4-8-11)12-9-5-2-6-10-12;1-7(2,9)5-6-8(3,4)10;8-7(9)6-4-2-1-3-5-6/h1-10,13-14H;9-10H,1-4H3;1-5H,(H,8,9)/q+1;;. The fourth-order valence-corrected chi connectivity index (χ4v) is 3.78. The van der Waals surface area contributed by atoms with Crippen LogP contribution in [0.2, 0.25) is 0 Å². The molecule has 0 aliphatic rings. The minimum absolute atomic E-state index is 0.331. The Morgan fingerprint density at radius 2 is 0.941 bits per heavy atom. The average molecular weight is 484 g/mol. The summed E-state index contributed by atoms with van der Waals surface area (Å²) >= 11 is 0. The zero-order chi connectivity index (χ0) is 25.8. The quantitative estimate of drug-likeness (QED) is 0.288. The fourth-order valence-electron chi connectivity index (χ4n) is 2.31. The first-order valence-electron chi connectivity index (χ1n) is 10.5. The van der Waals surface area contributed by atoms with E-state index in [1.807, 2.05) is 12.1 Å². The third kappa shape index (κ3) is 11.7. The summed E-state index contributed by atoms with van der Waals surface area (Å²) in [5.41, 5.74) is -1.70. The van der Waals surface area contributed by atoms with Gasteiger partial charge in [-0.2, -0.15) is 0 Å². The number of rotatable bonds is 3. The molecule has 0 atom stereocenters.